The maximum atomic E-state index is 10.9. The molecule has 1 rings (SSSR count). The summed E-state index contributed by atoms with van der Waals surface area (Å²) in [7, 11) is -3.03. The highest BCUT2D eigenvalue weighted by Gasteiger charge is 2.31. The quantitative estimate of drug-likeness (QED) is 0.713. The molecule has 2 N–H and O–H groups in total. The Morgan fingerprint density at radius 2 is 1.94 bits per heavy atom. The molecule has 0 aromatic rings. The minimum atomic E-state index is -3.03. The molecule has 1 atom stereocenters. The van der Waals surface area contributed by atoms with Crippen LogP contribution in [0, 0.1) is 5.41 Å². The van der Waals surface area contributed by atoms with Crippen LogP contribution in [0.25, 0.3) is 0 Å². The molecule has 0 bridgehead atoms. The summed E-state index contributed by atoms with van der Waals surface area (Å²) in [5, 5.41) is 3.56. The lowest BCUT2D eigenvalue weighted by atomic mass is 9.73. The molecule has 0 amide bonds. The summed E-state index contributed by atoms with van der Waals surface area (Å²) in [4.78, 5) is 0. The van der Waals surface area contributed by atoms with Gasteiger partial charge in [0.25, 0.3) is 0 Å². The average molecular weight is 262 g/mol. The van der Waals surface area contributed by atoms with E-state index in [4.69, 9.17) is 0 Å². The Morgan fingerprint density at radius 1 is 1.24 bits per heavy atom. The van der Waals surface area contributed by atoms with E-state index < -0.39 is 10.0 Å². The summed E-state index contributed by atoms with van der Waals surface area (Å²) in [6.45, 7) is 6.05. The molecule has 1 aliphatic rings. The van der Waals surface area contributed by atoms with E-state index in [1.54, 1.807) is 0 Å². The summed E-state index contributed by atoms with van der Waals surface area (Å²) in [5.41, 5.74) is 0.377. The lowest BCUT2D eigenvalue weighted by Gasteiger charge is -2.39. The molecule has 102 valence electrons. The Morgan fingerprint density at radius 3 is 2.53 bits per heavy atom. The van der Waals surface area contributed by atoms with Gasteiger partial charge in [0.2, 0.25) is 10.0 Å². The van der Waals surface area contributed by atoms with Crippen molar-refractivity contribution in [3.8, 4) is 0 Å². The molecule has 1 unspecified atom stereocenters. The first-order valence-electron chi connectivity index (χ1n) is 6.49. The van der Waals surface area contributed by atoms with Crippen LogP contribution >= 0.6 is 0 Å². The lowest BCUT2D eigenvalue weighted by molar-refractivity contribution is 0.168. The van der Waals surface area contributed by atoms with Crippen LogP contribution in [0.4, 0.5) is 0 Å². The van der Waals surface area contributed by atoms with Crippen molar-refractivity contribution in [2.24, 2.45) is 5.41 Å². The van der Waals surface area contributed by atoms with Gasteiger partial charge in [-0.05, 0) is 31.2 Å². The molecule has 0 aliphatic heterocycles. The van der Waals surface area contributed by atoms with E-state index in [0.29, 0.717) is 18.0 Å². The van der Waals surface area contributed by atoms with Gasteiger partial charge in [-0.3, -0.25) is 0 Å². The van der Waals surface area contributed by atoms with Crippen molar-refractivity contribution < 1.29 is 8.42 Å². The molecule has 1 fully saturated rings. The molecular weight excluding hydrogens is 236 g/mol. The third-order valence-corrected chi connectivity index (χ3v) is 4.34. The molecule has 0 saturated heterocycles. The standard InChI is InChI=1S/C12H26N2O2S/c1-12(2)8-5-4-7-11(12)13-9-6-10-14-17(3,15)16/h11,13-14H,4-10H2,1-3H3. The smallest absolute Gasteiger partial charge is 0.208 e. The fourth-order valence-electron chi connectivity index (χ4n) is 2.49. The van der Waals surface area contributed by atoms with Crippen LogP contribution in [0.1, 0.15) is 46.0 Å². The summed E-state index contributed by atoms with van der Waals surface area (Å²) in [5.74, 6) is 0. The Labute approximate surface area is 106 Å². The van der Waals surface area contributed by atoms with E-state index in [-0.39, 0.29) is 0 Å². The topological polar surface area (TPSA) is 58.2 Å². The van der Waals surface area contributed by atoms with E-state index in [1.165, 1.54) is 31.9 Å². The Kier molecular flexibility index (Phi) is 5.41. The summed E-state index contributed by atoms with van der Waals surface area (Å²) in [6, 6.07) is 0.578. The van der Waals surface area contributed by atoms with Crippen molar-refractivity contribution in [3.63, 3.8) is 0 Å². The number of nitrogens with one attached hydrogen (secondary N) is 2. The molecule has 5 heteroatoms. The summed E-state index contributed by atoms with van der Waals surface area (Å²) < 4.78 is 24.2. The highest BCUT2D eigenvalue weighted by molar-refractivity contribution is 7.88. The van der Waals surface area contributed by atoms with Crippen LogP contribution in [0.2, 0.25) is 0 Å². The third-order valence-electron chi connectivity index (χ3n) is 3.62. The predicted molar refractivity (Wildman–Crippen MR) is 71.5 cm³/mol. The first kappa shape index (κ1) is 14.9. The fraction of sp³-hybridized carbons (Fsp3) is 1.00. The van der Waals surface area contributed by atoms with E-state index in [1.807, 2.05) is 0 Å². The van der Waals surface area contributed by atoms with Crippen molar-refractivity contribution in [2.45, 2.75) is 52.0 Å². The normalized spacial score (nSPS) is 24.8. The first-order chi connectivity index (χ1) is 7.81. The van der Waals surface area contributed by atoms with E-state index >= 15 is 0 Å². The highest BCUT2D eigenvalue weighted by Crippen LogP contribution is 2.35. The maximum Gasteiger partial charge on any atom is 0.208 e. The molecule has 1 aliphatic carbocycles. The van der Waals surface area contributed by atoms with Gasteiger partial charge in [0.1, 0.15) is 0 Å². The van der Waals surface area contributed by atoms with Crippen molar-refractivity contribution in [1.82, 2.24) is 10.0 Å². The Bertz CT molecular complexity index is 325. The Balaban J connectivity index is 2.18. The molecule has 0 radical (unpaired) electrons. The van der Waals surface area contributed by atoms with Gasteiger partial charge in [0.15, 0.2) is 0 Å². The van der Waals surface area contributed by atoms with Gasteiger partial charge in [0, 0.05) is 12.6 Å². The highest BCUT2D eigenvalue weighted by atomic mass is 32.2. The van der Waals surface area contributed by atoms with E-state index in [9.17, 15) is 8.42 Å². The van der Waals surface area contributed by atoms with Crippen LogP contribution in [0.15, 0.2) is 0 Å². The third kappa shape index (κ3) is 5.84. The molecule has 17 heavy (non-hydrogen) atoms. The summed E-state index contributed by atoms with van der Waals surface area (Å²) >= 11 is 0. The molecule has 0 spiro atoms. The predicted octanol–water partition coefficient (Wildman–Crippen LogP) is 1.48. The Hall–Kier alpha value is -0.130. The molecule has 0 aromatic heterocycles. The zero-order chi connectivity index (χ0) is 12.9. The minimum Gasteiger partial charge on any atom is -0.313 e. The average Bonchev–Trinajstić information content (AvgIpc) is 2.17. The molecule has 0 aromatic carbocycles. The van der Waals surface area contributed by atoms with Crippen LogP contribution in [-0.2, 0) is 10.0 Å². The second-order valence-corrected chi connectivity index (χ2v) is 7.59. The molecule has 1 saturated carbocycles. The van der Waals surface area contributed by atoms with E-state index in [0.717, 1.165) is 13.0 Å². The van der Waals surface area contributed by atoms with Crippen LogP contribution in [-0.4, -0.2) is 33.8 Å². The van der Waals surface area contributed by atoms with Crippen molar-refractivity contribution in [2.75, 3.05) is 19.3 Å². The van der Waals surface area contributed by atoms with Gasteiger partial charge in [-0.2, -0.15) is 0 Å². The lowest BCUT2D eigenvalue weighted by Crippen LogP contribution is -2.44. The fourth-order valence-corrected chi connectivity index (χ4v) is 3.01. The largest absolute Gasteiger partial charge is 0.313 e. The minimum absolute atomic E-state index is 0.377. The maximum absolute atomic E-state index is 10.9. The van der Waals surface area contributed by atoms with Crippen LogP contribution in [0.3, 0.4) is 0 Å². The summed E-state index contributed by atoms with van der Waals surface area (Å²) in [6.07, 6.45) is 7.21. The molecule has 4 nitrogen and oxygen atoms in total. The molecule has 0 heterocycles. The zero-order valence-electron chi connectivity index (χ0n) is 11.3. The number of hydrogen-bond acceptors (Lipinski definition) is 3. The monoisotopic (exact) mass is 262 g/mol. The number of sulfonamides is 1. The van der Waals surface area contributed by atoms with Gasteiger partial charge >= 0.3 is 0 Å². The van der Waals surface area contributed by atoms with Gasteiger partial charge in [-0.15, -0.1) is 0 Å². The van der Waals surface area contributed by atoms with Crippen molar-refractivity contribution >= 4 is 10.0 Å². The van der Waals surface area contributed by atoms with Crippen LogP contribution < -0.4 is 10.0 Å². The second kappa shape index (κ2) is 6.16. The van der Waals surface area contributed by atoms with Gasteiger partial charge < -0.3 is 5.32 Å². The van der Waals surface area contributed by atoms with Gasteiger partial charge in [0.05, 0.1) is 6.26 Å². The van der Waals surface area contributed by atoms with Gasteiger partial charge in [-0.1, -0.05) is 26.7 Å². The second-order valence-electron chi connectivity index (χ2n) is 5.76. The first-order valence-corrected chi connectivity index (χ1v) is 8.38. The van der Waals surface area contributed by atoms with Crippen LogP contribution in [0.5, 0.6) is 0 Å². The number of rotatable bonds is 6. The number of hydrogen-bond donors (Lipinski definition) is 2. The molecular formula is C12H26N2O2S. The SMILES string of the molecule is CC1(C)CCCCC1NCCCNS(C)(=O)=O. The van der Waals surface area contributed by atoms with Crippen molar-refractivity contribution in [3.05, 3.63) is 0 Å². The zero-order valence-corrected chi connectivity index (χ0v) is 12.1. The van der Waals surface area contributed by atoms with E-state index in [2.05, 4.69) is 23.9 Å². The van der Waals surface area contributed by atoms with Gasteiger partial charge in [-0.25, -0.2) is 13.1 Å². The van der Waals surface area contributed by atoms with Crippen molar-refractivity contribution in [1.29, 1.82) is 0 Å².